The Morgan fingerprint density at radius 3 is 2.53 bits per heavy atom. The van der Waals surface area contributed by atoms with Crippen LogP contribution < -0.4 is 5.32 Å². The Hall–Kier alpha value is -1.82. The minimum Gasteiger partial charge on any atom is -0.387 e. The van der Waals surface area contributed by atoms with E-state index < -0.39 is 23.9 Å². The lowest BCUT2D eigenvalue weighted by Crippen LogP contribution is -2.35. The summed E-state index contributed by atoms with van der Waals surface area (Å²) in [7, 11) is 0. The summed E-state index contributed by atoms with van der Waals surface area (Å²) >= 11 is 6.21. The van der Waals surface area contributed by atoms with Gasteiger partial charge in [-0.15, -0.1) is 0 Å². The molecule has 3 rings (SSSR count). The van der Waals surface area contributed by atoms with Gasteiger partial charge < -0.3 is 10.4 Å². The number of aliphatic hydroxyl groups is 1. The van der Waals surface area contributed by atoms with Crippen molar-refractivity contribution in [2.75, 3.05) is 6.54 Å². The van der Waals surface area contributed by atoms with Gasteiger partial charge in [0.05, 0.1) is 11.7 Å². The molecule has 0 aromatic heterocycles. The first-order valence-electron chi connectivity index (χ1n) is 10.9. The van der Waals surface area contributed by atoms with Gasteiger partial charge in [0.15, 0.2) is 0 Å². The summed E-state index contributed by atoms with van der Waals surface area (Å²) in [5, 5.41) is 14.8. The van der Waals surface area contributed by atoms with Crippen molar-refractivity contribution in [1.29, 1.82) is 0 Å². The van der Waals surface area contributed by atoms with Crippen LogP contribution >= 0.6 is 11.6 Å². The second-order valence-corrected chi connectivity index (χ2v) is 10.1. The number of aliphatic hydroxyl groups excluding tert-OH is 1. The van der Waals surface area contributed by atoms with Crippen molar-refractivity contribution >= 4 is 17.2 Å². The molecule has 0 radical (unpaired) electrons. The Bertz CT molecular complexity index is 997. The van der Waals surface area contributed by atoms with Gasteiger partial charge in [-0.2, -0.15) is 13.2 Å². The van der Waals surface area contributed by atoms with E-state index in [1.165, 1.54) is 11.1 Å². The van der Waals surface area contributed by atoms with Gasteiger partial charge in [-0.3, -0.25) is 0 Å². The van der Waals surface area contributed by atoms with Gasteiger partial charge in [-0.25, -0.2) is 0 Å². The number of halogens is 4. The van der Waals surface area contributed by atoms with E-state index in [0.717, 1.165) is 37.0 Å². The molecule has 0 heterocycles. The van der Waals surface area contributed by atoms with Gasteiger partial charge in [0.1, 0.15) is 0 Å². The number of aryl methyl sites for hydroxylation is 1. The molecule has 6 heteroatoms. The molecule has 2 atom stereocenters. The second kappa shape index (κ2) is 9.58. The molecule has 0 unspecified atom stereocenters. The standard InChI is InChI=1S/C26H31ClF3NO/c1-16-10-19(12-21(11-16)26(28,29)30)24(32)17(2)31-15-20-14-25(3,4)9-8-23(20)18-6-5-7-22(27)13-18/h5-7,10-13,17,24,31-32H,8-9,14-15H2,1-4H3/t17-,24-/m0/s1. The lowest BCUT2D eigenvalue weighted by Gasteiger charge is -2.34. The molecule has 0 aliphatic heterocycles. The van der Waals surface area contributed by atoms with Crippen LogP contribution in [-0.2, 0) is 6.18 Å². The summed E-state index contributed by atoms with van der Waals surface area (Å²) in [6, 6.07) is 11.2. The Balaban J connectivity index is 1.81. The Kier molecular flexibility index (Phi) is 7.43. The molecule has 0 bridgehead atoms. The van der Waals surface area contributed by atoms with E-state index in [4.69, 9.17) is 11.6 Å². The molecule has 174 valence electrons. The fourth-order valence-corrected chi connectivity index (χ4v) is 4.63. The van der Waals surface area contributed by atoms with Crippen molar-refractivity contribution in [3.05, 3.63) is 75.3 Å². The number of alkyl halides is 3. The monoisotopic (exact) mass is 465 g/mol. The van der Waals surface area contributed by atoms with Gasteiger partial charge in [0.2, 0.25) is 0 Å². The van der Waals surface area contributed by atoms with Gasteiger partial charge in [-0.1, -0.05) is 54.8 Å². The third-order valence-corrected chi connectivity index (χ3v) is 6.46. The van der Waals surface area contributed by atoms with E-state index >= 15 is 0 Å². The number of nitrogens with one attached hydrogen (secondary N) is 1. The van der Waals surface area contributed by atoms with Crippen LogP contribution in [0.3, 0.4) is 0 Å². The van der Waals surface area contributed by atoms with E-state index in [1.54, 1.807) is 19.9 Å². The molecule has 0 amide bonds. The lowest BCUT2D eigenvalue weighted by molar-refractivity contribution is -0.137. The van der Waals surface area contributed by atoms with Crippen molar-refractivity contribution in [3.63, 3.8) is 0 Å². The Labute approximate surface area is 193 Å². The highest BCUT2D eigenvalue weighted by molar-refractivity contribution is 6.30. The minimum atomic E-state index is -4.44. The van der Waals surface area contributed by atoms with Crippen molar-refractivity contribution in [1.82, 2.24) is 5.32 Å². The van der Waals surface area contributed by atoms with Crippen LogP contribution in [0.2, 0.25) is 5.02 Å². The fraction of sp³-hybridized carbons (Fsp3) is 0.462. The van der Waals surface area contributed by atoms with E-state index in [1.807, 2.05) is 18.2 Å². The van der Waals surface area contributed by atoms with Crippen molar-refractivity contribution in [3.8, 4) is 0 Å². The smallest absolute Gasteiger partial charge is 0.387 e. The Morgan fingerprint density at radius 1 is 1.16 bits per heavy atom. The number of hydrogen-bond acceptors (Lipinski definition) is 2. The third kappa shape index (κ3) is 6.15. The predicted molar refractivity (Wildman–Crippen MR) is 125 cm³/mol. The van der Waals surface area contributed by atoms with Gasteiger partial charge in [-0.05, 0) is 79.5 Å². The molecule has 2 aromatic carbocycles. The first-order chi connectivity index (χ1) is 14.9. The molecular formula is C26H31ClF3NO. The number of hydrogen-bond donors (Lipinski definition) is 2. The van der Waals surface area contributed by atoms with Crippen LogP contribution in [0, 0.1) is 12.3 Å². The zero-order chi connectivity index (χ0) is 23.7. The van der Waals surface area contributed by atoms with E-state index in [-0.39, 0.29) is 11.0 Å². The maximum atomic E-state index is 13.2. The highest BCUT2D eigenvalue weighted by atomic mass is 35.5. The second-order valence-electron chi connectivity index (χ2n) is 9.68. The van der Waals surface area contributed by atoms with E-state index in [0.29, 0.717) is 17.1 Å². The summed E-state index contributed by atoms with van der Waals surface area (Å²) in [5.74, 6) is 0. The van der Waals surface area contributed by atoms with E-state index in [9.17, 15) is 18.3 Å². The molecule has 0 saturated carbocycles. The number of benzene rings is 2. The van der Waals surface area contributed by atoms with Crippen LogP contribution in [0.1, 0.15) is 68.4 Å². The van der Waals surface area contributed by atoms with Crippen molar-refractivity contribution in [2.24, 2.45) is 5.41 Å². The van der Waals surface area contributed by atoms with Gasteiger partial charge >= 0.3 is 6.18 Å². The summed E-state index contributed by atoms with van der Waals surface area (Å²) < 4.78 is 39.6. The molecule has 0 saturated heterocycles. The molecule has 2 N–H and O–H groups in total. The summed E-state index contributed by atoms with van der Waals surface area (Å²) in [5.41, 5.74) is 3.79. The molecule has 1 aliphatic carbocycles. The molecule has 0 fully saturated rings. The van der Waals surface area contributed by atoms with Crippen LogP contribution in [0.15, 0.2) is 48.0 Å². The van der Waals surface area contributed by atoms with E-state index in [2.05, 4.69) is 25.2 Å². The highest BCUT2D eigenvalue weighted by Gasteiger charge is 2.32. The largest absolute Gasteiger partial charge is 0.416 e. The number of allylic oxidation sites excluding steroid dienone is 1. The molecule has 2 aromatic rings. The maximum Gasteiger partial charge on any atom is 0.416 e. The maximum absolute atomic E-state index is 13.2. The average Bonchev–Trinajstić information content (AvgIpc) is 2.69. The number of rotatable bonds is 6. The summed E-state index contributed by atoms with van der Waals surface area (Å²) in [6.07, 6.45) is -2.58. The van der Waals surface area contributed by atoms with Crippen molar-refractivity contribution in [2.45, 2.75) is 65.3 Å². The van der Waals surface area contributed by atoms with Crippen LogP contribution in [-0.4, -0.2) is 17.7 Å². The lowest BCUT2D eigenvalue weighted by atomic mass is 9.73. The summed E-state index contributed by atoms with van der Waals surface area (Å²) in [4.78, 5) is 0. The van der Waals surface area contributed by atoms with Crippen LogP contribution in [0.4, 0.5) is 13.2 Å². The average molecular weight is 466 g/mol. The first-order valence-corrected chi connectivity index (χ1v) is 11.3. The minimum absolute atomic E-state index is 0.166. The topological polar surface area (TPSA) is 32.3 Å². The van der Waals surface area contributed by atoms with Crippen molar-refractivity contribution < 1.29 is 18.3 Å². The zero-order valence-electron chi connectivity index (χ0n) is 19.0. The molecule has 0 spiro atoms. The molecular weight excluding hydrogens is 435 g/mol. The third-order valence-electron chi connectivity index (χ3n) is 6.22. The molecule has 32 heavy (non-hydrogen) atoms. The SMILES string of the molecule is Cc1cc([C@@H](O)[C@H](C)NCC2=C(c3cccc(Cl)c3)CCC(C)(C)C2)cc(C(F)(F)F)c1. The first kappa shape index (κ1) is 24.8. The fourth-order valence-electron chi connectivity index (χ4n) is 4.44. The quantitative estimate of drug-likeness (QED) is 0.467. The highest BCUT2D eigenvalue weighted by Crippen LogP contribution is 2.42. The van der Waals surface area contributed by atoms with Crippen LogP contribution in [0.5, 0.6) is 0 Å². The molecule has 2 nitrogen and oxygen atoms in total. The zero-order valence-corrected chi connectivity index (χ0v) is 19.7. The van der Waals surface area contributed by atoms with Gasteiger partial charge in [0.25, 0.3) is 0 Å². The van der Waals surface area contributed by atoms with Crippen LogP contribution in [0.25, 0.3) is 5.57 Å². The normalized spacial score (nSPS) is 18.5. The Morgan fingerprint density at radius 2 is 1.88 bits per heavy atom. The predicted octanol–water partition coefficient (Wildman–Crippen LogP) is 7.34. The summed E-state index contributed by atoms with van der Waals surface area (Å²) in [6.45, 7) is 8.45. The van der Waals surface area contributed by atoms with Gasteiger partial charge in [0, 0.05) is 17.6 Å². The molecule has 1 aliphatic rings.